The van der Waals surface area contributed by atoms with Gasteiger partial charge >= 0.3 is 6.03 Å². The number of aryl methyl sites for hydroxylation is 2. The molecule has 0 spiro atoms. The molecule has 4 rings (SSSR count). The van der Waals surface area contributed by atoms with Crippen LogP contribution < -0.4 is 21.4 Å². The standard InChI is InChI=1S/C25H29N7O2/c1-15-12-19(32-17(3)21(13-26)16(2)29-32)10-11-24(15)34-14-22-20(18-8-9-18)6-5-7-23(22)31(28)25(33)30(4)27/h5-7,10-12,18H,8-9,14,27-28H2,1-4H3. The van der Waals surface area contributed by atoms with Crippen LogP contribution in [0.15, 0.2) is 36.4 Å². The van der Waals surface area contributed by atoms with Crippen LogP contribution in [0.3, 0.4) is 0 Å². The van der Waals surface area contributed by atoms with E-state index in [9.17, 15) is 10.1 Å². The van der Waals surface area contributed by atoms with E-state index in [1.807, 2.05) is 45.0 Å². The average Bonchev–Trinajstić information content (AvgIpc) is 3.62. The molecule has 0 bridgehead atoms. The first-order chi connectivity index (χ1) is 16.2. The van der Waals surface area contributed by atoms with Crippen LogP contribution in [0.2, 0.25) is 0 Å². The topological polar surface area (TPSA) is 126 Å². The predicted octanol–water partition coefficient (Wildman–Crippen LogP) is 3.73. The van der Waals surface area contributed by atoms with Crippen molar-refractivity contribution in [3.05, 3.63) is 70.0 Å². The molecular weight excluding hydrogens is 430 g/mol. The molecule has 1 fully saturated rings. The summed E-state index contributed by atoms with van der Waals surface area (Å²) in [5.41, 5.74) is 6.47. The summed E-state index contributed by atoms with van der Waals surface area (Å²) in [4.78, 5) is 12.4. The Morgan fingerprint density at radius 2 is 1.97 bits per heavy atom. The Labute approximate surface area is 199 Å². The smallest absolute Gasteiger partial charge is 0.352 e. The van der Waals surface area contributed by atoms with Crippen LogP contribution in [0.4, 0.5) is 10.5 Å². The Balaban J connectivity index is 1.62. The highest BCUT2D eigenvalue weighted by Crippen LogP contribution is 2.44. The summed E-state index contributed by atoms with van der Waals surface area (Å²) in [6.07, 6.45) is 2.21. The quantitative estimate of drug-likeness (QED) is 0.329. The molecule has 0 unspecified atom stereocenters. The second-order valence-corrected chi connectivity index (χ2v) is 8.69. The van der Waals surface area contributed by atoms with Gasteiger partial charge in [0, 0.05) is 12.6 Å². The Morgan fingerprint density at radius 3 is 2.56 bits per heavy atom. The number of carbonyl (C=O) groups is 1. The molecule has 1 heterocycles. The number of carbonyl (C=O) groups excluding carboxylic acids is 1. The molecule has 3 aromatic rings. The van der Waals surface area contributed by atoms with E-state index < -0.39 is 6.03 Å². The molecule has 176 valence electrons. The molecule has 2 aromatic carbocycles. The lowest BCUT2D eigenvalue weighted by Crippen LogP contribution is -2.49. The molecule has 9 nitrogen and oxygen atoms in total. The van der Waals surface area contributed by atoms with Crippen molar-refractivity contribution in [3.8, 4) is 17.5 Å². The minimum absolute atomic E-state index is 0.260. The third-order valence-electron chi connectivity index (χ3n) is 6.15. The third-order valence-corrected chi connectivity index (χ3v) is 6.15. The Hall–Kier alpha value is -3.87. The van der Waals surface area contributed by atoms with Crippen molar-refractivity contribution in [3.63, 3.8) is 0 Å². The van der Waals surface area contributed by atoms with Gasteiger partial charge in [0.25, 0.3) is 0 Å². The lowest BCUT2D eigenvalue weighted by atomic mass is 10.0. The van der Waals surface area contributed by atoms with Crippen molar-refractivity contribution in [1.29, 1.82) is 5.26 Å². The summed E-state index contributed by atoms with van der Waals surface area (Å²) in [7, 11) is 1.45. The molecular formula is C25H29N7O2. The molecule has 1 aliphatic rings. The molecule has 2 amide bonds. The van der Waals surface area contributed by atoms with Crippen molar-refractivity contribution < 1.29 is 9.53 Å². The number of benzene rings is 2. The molecule has 0 atom stereocenters. The number of anilines is 1. The lowest BCUT2D eigenvalue weighted by Gasteiger charge is -2.25. The van der Waals surface area contributed by atoms with E-state index in [0.717, 1.165) is 50.9 Å². The summed E-state index contributed by atoms with van der Waals surface area (Å²) in [5.74, 6) is 12.9. The largest absolute Gasteiger partial charge is 0.489 e. The van der Waals surface area contributed by atoms with Crippen molar-refractivity contribution in [2.75, 3.05) is 12.1 Å². The number of hydrazine groups is 2. The van der Waals surface area contributed by atoms with Gasteiger partial charge in [0.05, 0.1) is 28.3 Å². The maximum Gasteiger partial charge on any atom is 0.352 e. The number of urea groups is 1. The molecule has 1 aliphatic carbocycles. The van der Waals surface area contributed by atoms with E-state index in [1.54, 1.807) is 10.7 Å². The number of amides is 2. The van der Waals surface area contributed by atoms with Crippen LogP contribution in [-0.2, 0) is 6.61 Å². The first-order valence-electron chi connectivity index (χ1n) is 11.1. The van der Waals surface area contributed by atoms with Crippen molar-refractivity contribution in [2.45, 2.75) is 46.1 Å². The van der Waals surface area contributed by atoms with Crippen LogP contribution in [0.5, 0.6) is 5.75 Å². The van der Waals surface area contributed by atoms with Gasteiger partial charge in [-0.25, -0.2) is 26.2 Å². The molecule has 9 heteroatoms. The zero-order valence-electron chi connectivity index (χ0n) is 19.9. The van der Waals surface area contributed by atoms with Gasteiger partial charge in [0.15, 0.2) is 0 Å². The second-order valence-electron chi connectivity index (χ2n) is 8.69. The fourth-order valence-electron chi connectivity index (χ4n) is 4.16. The molecule has 0 saturated heterocycles. The van der Waals surface area contributed by atoms with Gasteiger partial charge in [0.1, 0.15) is 18.4 Å². The Morgan fingerprint density at radius 1 is 1.24 bits per heavy atom. The summed E-state index contributed by atoms with van der Waals surface area (Å²) in [5, 5.41) is 15.9. The van der Waals surface area contributed by atoms with Gasteiger partial charge in [-0.3, -0.25) is 5.01 Å². The number of nitriles is 1. The van der Waals surface area contributed by atoms with E-state index in [0.29, 0.717) is 28.6 Å². The third kappa shape index (κ3) is 4.33. The number of aromatic nitrogens is 2. The highest BCUT2D eigenvalue weighted by atomic mass is 16.5. The number of nitrogens with two attached hydrogens (primary N) is 2. The van der Waals surface area contributed by atoms with Crippen molar-refractivity contribution in [2.24, 2.45) is 11.7 Å². The minimum Gasteiger partial charge on any atom is -0.489 e. The number of hydrogen-bond acceptors (Lipinski definition) is 6. The Bertz CT molecular complexity index is 1290. The maximum absolute atomic E-state index is 12.4. The van der Waals surface area contributed by atoms with Crippen LogP contribution in [0, 0.1) is 32.1 Å². The predicted molar refractivity (Wildman–Crippen MR) is 129 cm³/mol. The van der Waals surface area contributed by atoms with Crippen LogP contribution in [0.25, 0.3) is 5.69 Å². The summed E-state index contributed by atoms with van der Waals surface area (Å²) < 4.78 is 7.99. The van der Waals surface area contributed by atoms with Gasteiger partial charge < -0.3 is 4.74 Å². The fraction of sp³-hybridized carbons (Fsp3) is 0.320. The van der Waals surface area contributed by atoms with Gasteiger partial charge in [0.2, 0.25) is 0 Å². The normalized spacial score (nSPS) is 12.9. The molecule has 0 aliphatic heterocycles. The maximum atomic E-state index is 12.4. The minimum atomic E-state index is -0.517. The van der Waals surface area contributed by atoms with Crippen molar-refractivity contribution >= 4 is 11.7 Å². The van der Waals surface area contributed by atoms with Crippen LogP contribution >= 0.6 is 0 Å². The van der Waals surface area contributed by atoms with E-state index in [1.165, 1.54) is 7.05 Å². The zero-order chi connectivity index (χ0) is 24.6. The summed E-state index contributed by atoms with van der Waals surface area (Å²) in [6, 6.07) is 13.3. The Kier molecular flexibility index (Phi) is 6.28. The van der Waals surface area contributed by atoms with Crippen LogP contribution in [-0.4, -0.2) is 27.9 Å². The monoisotopic (exact) mass is 459 g/mol. The van der Waals surface area contributed by atoms with Gasteiger partial charge in [-0.1, -0.05) is 12.1 Å². The second kappa shape index (κ2) is 9.17. The number of nitrogens with zero attached hydrogens (tertiary/aromatic N) is 5. The van der Waals surface area contributed by atoms with Gasteiger partial charge in [-0.2, -0.15) is 10.4 Å². The molecule has 1 saturated carbocycles. The first kappa shape index (κ1) is 23.3. The van der Waals surface area contributed by atoms with E-state index >= 15 is 0 Å². The van der Waals surface area contributed by atoms with Gasteiger partial charge in [-0.05, 0) is 74.9 Å². The van der Waals surface area contributed by atoms with E-state index in [-0.39, 0.29) is 6.61 Å². The molecule has 34 heavy (non-hydrogen) atoms. The average molecular weight is 460 g/mol. The lowest BCUT2D eigenvalue weighted by molar-refractivity contribution is 0.216. The highest BCUT2D eigenvalue weighted by molar-refractivity contribution is 5.91. The number of rotatable bonds is 6. The molecule has 0 radical (unpaired) electrons. The number of ether oxygens (including phenoxy) is 1. The van der Waals surface area contributed by atoms with Crippen molar-refractivity contribution in [1.82, 2.24) is 14.8 Å². The molecule has 1 aromatic heterocycles. The summed E-state index contributed by atoms with van der Waals surface area (Å²) >= 11 is 0. The van der Waals surface area contributed by atoms with Crippen LogP contribution in [0.1, 0.15) is 52.4 Å². The summed E-state index contributed by atoms with van der Waals surface area (Å²) in [6.45, 7) is 5.93. The first-order valence-corrected chi connectivity index (χ1v) is 11.1. The van der Waals surface area contributed by atoms with Gasteiger partial charge in [-0.15, -0.1) is 0 Å². The van der Waals surface area contributed by atoms with E-state index in [4.69, 9.17) is 16.4 Å². The van der Waals surface area contributed by atoms with E-state index in [2.05, 4.69) is 17.2 Å². The molecule has 4 N–H and O–H groups in total. The highest BCUT2D eigenvalue weighted by Gasteiger charge is 2.29. The fourth-order valence-corrected chi connectivity index (χ4v) is 4.16. The number of hydrogen-bond donors (Lipinski definition) is 2. The zero-order valence-corrected chi connectivity index (χ0v) is 19.9. The SMILES string of the molecule is Cc1cc(-n2nc(C)c(C#N)c2C)ccc1OCc1c(C2CC2)cccc1N(N)C(=O)N(C)N.